The van der Waals surface area contributed by atoms with E-state index in [9.17, 15) is 0 Å². The largest absolute Gasteiger partial charge is 0.368 e. The first-order valence-electron chi connectivity index (χ1n) is 5.96. The normalized spacial score (nSPS) is 13.5. The maximum Gasteiger partial charge on any atom is 0.129 e. The molecule has 0 bridgehead atoms. The SMILES string of the molecule is Cc1cc(NCC(Cl)CC(C)(C)C)nc(C)n1. The molecule has 0 saturated carbocycles. The van der Waals surface area contributed by atoms with Gasteiger partial charge in [-0.1, -0.05) is 20.8 Å². The molecule has 4 heteroatoms. The van der Waals surface area contributed by atoms with Gasteiger partial charge in [0.2, 0.25) is 0 Å². The maximum absolute atomic E-state index is 6.29. The van der Waals surface area contributed by atoms with Crippen molar-refractivity contribution >= 4 is 17.4 Å². The van der Waals surface area contributed by atoms with E-state index in [2.05, 4.69) is 36.1 Å². The van der Waals surface area contributed by atoms with E-state index in [4.69, 9.17) is 11.6 Å². The summed E-state index contributed by atoms with van der Waals surface area (Å²) >= 11 is 6.29. The first kappa shape index (κ1) is 14.2. The van der Waals surface area contributed by atoms with Gasteiger partial charge in [-0.3, -0.25) is 0 Å². The van der Waals surface area contributed by atoms with Crippen LogP contribution in [0.25, 0.3) is 0 Å². The molecule has 1 aromatic heterocycles. The molecule has 0 aliphatic rings. The van der Waals surface area contributed by atoms with E-state index in [1.54, 1.807) is 0 Å². The molecule has 0 aromatic carbocycles. The molecule has 0 aliphatic heterocycles. The van der Waals surface area contributed by atoms with Crippen molar-refractivity contribution in [3.05, 3.63) is 17.6 Å². The summed E-state index contributed by atoms with van der Waals surface area (Å²) in [5.74, 6) is 1.64. The maximum atomic E-state index is 6.29. The van der Waals surface area contributed by atoms with Crippen LogP contribution in [0.3, 0.4) is 0 Å². The van der Waals surface area contributed by atoms with Gasteiger partial charge in [0.05, 0.1) is 5.38 Å². The molecule has 0 spiro atoms. The number of hydrogen-bond donors (Lipinski definition) is 1. The molecule has 0 amide bonds. The number of aryl methyl sites for hydroxylation is 2. The van der Waals surface area contributed by atoms with Crippen LogP contribution < -0.4 is 5.32 Å². The fraction of sp³-hybridized carbons (Fsp3) is 0.692. The summed E-state index contributed by atoms with van der Waals surface area (Å²) in [6.45, 7) is 11.2. The summed E-state index contributed by atoms with van der Waals surface area (Å²) in [7, 11) is 0. The zero-order chi connectivity index (χ0) is 13.1. The fourth-order valence-electron chi connectivity index (χ4n) is 1.76. The Hall–Kier alpha value is -0.830. The molecule has 0 radical (unpaired) electrons. The Morgan fingerprint density at radius 2 is 1.94 bits per heavy atom. The molecule has 1 rings (SSSR count). The second-order valence-corrected chi connectivity index (χ2v) is 6.30. The van der Waals surface area contributed by atoms with Crippen molar-refractivity contribution in [1.82, 2.24) is 9.97 Å². The molecule has 17 heavy (non-hydrogen) atoms. The lowest BCUT2D eigenvalue weighted by atomic mass is 9.90. The van der Waals surface area contributed by atoms with Crippen LogP contribution in [0.5, 0.6) is 0 Å². The average Bonchev–Trinajstić information content (AvgIpc) is 2.10. The Kier molecular flexibility index (Phi) is 4.75. The minimum atomic E-state index is 0.116. The van der Waals surface area contributed by atoms with Crippen molar-refractivity contribution in [1.29, 1.82) is 0 Å². The monoisotopic (exact) mass is 255 g/mol. The van der Waals surface area contributed by atoms with Crippen LogP contribution in [0.2, 0.25) is 0 Å². The van der Waals surface area contributed by atoms with Crippen molar-refractivity contribution in [2.24, 2.45) is 5.41 Å². The van der Waals surface area contributed by atoms with E-state index in [1.807, 2.05) is 19.9 Å². The Morgan fingerprint density at radius 1 is 1.29 bits per heavy atom. The van der Waals surface area contributed by atoms with E-state index in [0.29, 0.717) is 0 Å². The van der Waals surface area contributed by atoms with Crippen molar-refractivity contribution in [3.63, 3.8) is 0 Å². The summed E-state index contributed by atoms with van der Waals surface area (Å²) in [6, 6.07) is 1.94. The predicted molar refractivity (Wildman–Crippen MR) is 73.7 cm³/mol. The van der Waals surface area contributed by atoms with Crippen LogP contribution in [0.1, 0.15) is 38.7 Å². The lowest BCUT2D eigenvalue weighted by Crippen LogP contribution is -2.21. The summed E-state index contributed by atoms with van der Waals surface area (Å²) in [4.78, 5) is 8.56. The van der Waals surface area contributed by atoms with E-state index in [1.165, 1.54) is 0 Å². The number of hydrogen-bond acceptors (Lipinski definition) is 3. The average molecular weight is 256 g/mol. The number of aromatic nitrogens is 2. The van der Waals surface area contributed by atoms with Crippen LogP contribution in [0.15, 0.2) is 6.07 Å². The van der Waals surface area contributed by atoms with Gasteiger partial charge in [-0.05, 0) is 25.7 Å². The Labute approximate surface area is 109 Å². The molecule has 0 fully saturated rings. The van der Waals surface area contributed by atoms with E-state index >= 15 is 0 Å². The highest BCUT2D eigenvalue weighted by atomic mass is 35.5. The Morgan fingerprint density at radius 3 is 2.47 bits per heavy atom. The smallest absolute Gasteiger partial charge is 0.129 e. The number of halogens is 1. The summed E-state index contributed by atoms with van der Waals surface area (Å²) in [6.07, 6.45) is 0.977. The van der Waals surface area contributed by atoms with E-state index in [-0.39, 0.29) is 10.8 Å². The second-order valence-electron chi connectivity index (χ2n) is 5.68. The number of nitrogens with one attached hydrogen (secondary N) is 1. The zero-order valence-electron chi connectivity index (χ0n) is 11.3. The highest BCUT2D eigenvalue weighted by Crippen LogP contribution is 2.23. The first-order valence-corrected chi connectivity index (χ1v) is 6.40. The van der Waals surface area contributed by atoms with Crippen LogP contribution in [-0.4, -0.2) is 21.9 Å². The summed E-state index contributed by atoms with van der Waals surface area (Å²) in [5.41, 5.74) is 1.23. The number of anilines is 1. The van der Waals surface area contributed by atoms with Gasteiger partial charge in [-0.25, -0.2) is 9.97 Å². The molecule has 3 nitrogen and oxygen atoms in total. The molecular formula is C13H22ClN3. The first-order chi connectivity index (χ1) is 7.76. The fourth-order valence-corrected chi connectivity index (χ4v) is 2.30. The molecule has 1 heterocycles. The summed E-state index contributed by atoms with van der Waals surface area (Å²) < 4.78 is 0. The Bertz CT molecular complexity index is 351. The third-order valence-electron chi connectivity index (χ3n) is 2.30. The highest BCUT2D eigenvalue weighted by molar-refractivity contribution is 6.20. The third kappa shape index (κ3) is 5.87. The molecule has 1 unspecified atom stereocenters. The number of rotatable bonds is 4. The molecular weight excluding hydrogens is 234 g/mol. The van der Waals surface area contributed by atoms with Crippen LogP contribution in [0, 0.1) is 19.3 Å². The quantitative estimate of drug-likeness (QED) is 0.837. The molecule has 96 valence electrons. The van der Waals surface area contributed by atoms with Gasteiger partial charge >= 0.3 is 0 Å². The molecule has 0 aliphatic carbocycles. The van der Waals surface area contributed by atoms with Crippen LogP contribution >= 0.6 is 11.6 Å². The van der Waals surface area contributed by atoms with Gasteiger partial charge in [0.15, 0.2) is 0 Å². The third-order valence-corrected chi connectivity index (χ3v) is 2.61. The Balaban J connectivity index is 2.50. The topological polar surface area (TPSA) is 37.8 Å². The van der Waals surface area contributed by atoms with Crippen molar-refractivity contribution in [2.75, 3.05) is 11.9 Å². The van der Waals surface area contributed by atoms with Gasteiger partial charge in [-0.2, -0.15) is 0 Å². The minimum Gasteiger partial charge on any atom is -0.368 e. The molecule has 1 atom stereocenters. The van der Waals surface area contributed by atoms with Crippen molar-refractivity contribution < 1.29 is 0 Å². The van der Waals surface area contributed by atoms with E-state index in [0.717, 1.165) is 30.3 Å². The van der Waals surface area contributed by atoms with E-state index < -0.39 is 0 Å². The van der Waals surface area contributed by atoms with Gasteiger partial charge in [0.25, 0.3) is 0 Å². The standard InChI is InChI=1S/C13H22ClN3/c1-9-6-12(17-10(2)16-9)15-8-11(14)7-13(3,4)5/h6,11H,7-8H2,1-5H3,(H,15,16,17). The van der Waals surface area contributed by atoms with Gasteiger partial charge in [0.1, 0.15) is 11.6 Å². The van der Waals surface area contributed by atoms with Gasteiger partial charge in [-0.15, -0.1) is 11.6 Å². The highest BCUT2D eigenvalue weighted by Gasteiger charge is 2.16. The van der Waals surface area contributed by atoms with Crippen molar-refractivity contribution in [3.8, 4) is 0 Å². The van der Waals surface area contributed by atoms with Crippen LogP contribution in [-0.2, 0) is 0 Å². The van der Waals surface area contributed by atoms with Crippen molar-refractivity contribution in [2.45, 2.75) is 46.4 Å². The second kappa shape index (κ2) is 5.67. The van der Waals surface area contributed by atoms with Gasteiger partial charge < -0.3 is 5.32 Å². The van der Waals surface area contributed by atoms with Crippen LogP contribution in [0.4, 0.5) is 5.82 Å². The lowest BCUT2D eigenvalue weighted by molar-refractivity contribution is 0.373. The minimum absolute atomic E-state index is 0.116. The molecule has 1 aromatic rings. The molecule has 0 saturated heterocycles. The summed E-state index contributed by atoms with van der Waals surface area (Å²) in [5, 5.41) is 3.38. The zero-order valence-corrected chi connectivity index (χ0v) is 12.1. The lowest BCUT2D eigenvalue weighted by Gasteiger charge is -2.22. The molecule has 1 N–H and O–H groups in total. The number of nitrogens with zero attached hydrogens (tertiary/aromatic N) is 2. The van der Waals surface area contributed by atoms with Gasteiger partial charge in [0, 0.05) is 18.3 Å². The number of alkyl halides is 1. The predicted octanol–water partition coefficient (Wildman–Crippen LogP) is 3.55.